The van der Waals surface area contributed by atoms with Gasteiger partial charge in [-0.05, 0) is 45.0 Å². The maximum Gasteiger partial charge on any atom is 0.417 e. The summed E-state index contributed by atoms with van der Waals surface area (Å²) in [7, 11) is 0. The Morgan fingerprint density at radius 3 is 2.58 bits per heavy atom. The zero-order valence-corrected chi connectivity index (χ0v) is 18.0. The molecular formula is C21H29F3N6O. The number of aromatic nitrogens is 3. The predicted octanol–water partition coefficient (Wildman–Crippen LogP) is 2.48. The fourth-order valence-corrected chi connectivity index (χ4v) is 4.63. The molecule has 0 spiro atoms. The van der Waals surface area contributed by atoms with Gasteiger partial charge in [0.1, 0.15) is 5.82 Å². The molecule has 2 atom stereocenters. The molecule has 7 nitrogen and oxygen atoms in total. The lowest BCUT2D eigenvalue weighted by Gasteiger charge is -2.40. The number of hydrogen-bond acceptors (Lipinski definition) is 5. The maximum absolute atomic E-state index is 13.2. The second-order valence-corrected chi connectivity index (χ2v) is 8.47. The lowest BCUT2D eigenvalue weighted by molar-refractivity contribution is -0.139. The van der Waals surface area contributed by atoms with Gasteiger partial charge in [-0.3, -0.25) is 14.1 Å². The molecule has 4 rings (SSSR count). The molecule has 2 aromatic rings. The number of rotatable bonds is 4. The first-order valence-corrected chi connectivity index (χ1v) is 10.9. The molecule has 0 bridgehead atoms. The van der Waals surface area contributed by atoms with E-state index >= 15 is 0 Å². The molecule has 1 amide bonds. The zero-order chi connectivity index (χ0) is 22.2. The second-order valence-electron chi connectivity index (χ2n) is 8.47. The van der Waals surface area contributed by atoms with Gasteiger partial charge in [0.05, 0.1) is 11.6 Å². The van der Waals surface area contributed by atoms with Crippen molar-refractivity contribution < 1.29 is 18.0 Å². The summed E-state index contributed by atoms with van der Waals surface area (Å²) in [6, 6.07) is 2.11. The highest BCUT2D eigenvalue weighted by molar-refractivity contribution is 5.81. The SMILES string of the molecule is CCN1CCN(C(=O)C(C)N2CCCC(c3nnc4ccc(C(F)(F)F)cn34)C2)CC1. The first-order chi connectivity index (χ1) is 14.8. The molecule has 0 saturated carbocycles. The predicted molar refractivity (Wildman–Crippen MR) is 110 cm³/mol. The zero-order valence-electron chi connectivity index (χ0n) is 18.0. The van der Waals surface area contributed by atoms with E-state index in [4.69, 9.17) is 0 Å². The number of likely N-dealkylation sites (N-methyl/N-ethyl adjacent to an activating group) is 1. The number of pyridine rings is 1. The number of carbonyl (C=O) groups is 1. The summed E-state index contributed by atoms with van der Waals surface area (Å²) in [5, 5.41) is 8.26. The van der Waals surface area contributed by atoms with Crippen molar-refractivity contribution in [1.82, 2.24) is 29.3 Å². The fraction of sp³-hybridized carbons (Fsp3) is 0.667. The van der Waals surface area contributed by atoms with E-state index in [1.807, 2.05) is 11.8 Å². The Labute approximate surface area is 179 Å². The van der Waals surface area contributed by atoms with E-state index < -0.39 is 11.7 Å². The summed E-state index contributed by atoms with van der Waals surface area (Å²) in [6.07, 6.45) is -1.67. The number of likely N-dealkylation sites (tertiary alicyclic amines) is 1. The summed E-state index contributed by atoms with van der Waals surface area (Å²) in [4.78, 5) is 19.5. The lowest BCUT2D eigenvalue weighted by Crippen LogP contribution is -2.55. The molecule has 2 aliphatic rings. The Balaban J connectivity index is 1.48. The van der Waals surface area contributed by atoms with Crippen molar-refractivity contribution in [3.8, 4) is 0 Å². The van der Waals surface area contributed by atoms with Crippen LogP contribution in [0.2, 0.25) is 0 Å². The standard InChI is InChI=1S/C21H29F3N6O/c1-3-27-9-11-28(12-10-27)20(31)15(2)29-8-4-5-16(13-29)19-26-25-18-7-6-17(14-30(18)19)21(22,23)24/h6-7,14-16H,3-5,8-13H2,1-2H3. The van der Waals surface area contributed by atoms with Crippen LogP contribution in [0, 0.1) is 0 Å². The van der Waals surface area contributed by atoms with Gasteiger partial charge in [0.15, 0.2) is 5.65 Å². The number of alkyl halides is 3. The number of piperidine rings is 1. The van der Waals surface area contributed by atoms with Gasteiger partial charge in [-0.15, -0.1) is 10.2 Å². The van der Waals surface area contributed by atoms with Crippen LogP contribution in [0.25, 0.3) is 5.65 Å². The first kappa shape index (κ1) is 22.0. The number of amides is 1. The van der Waals surface area contributed by atoms with E-state index in [1.165, 1.54) is 10.5 Å². The van der Waals surface area contributed by atoms with E-state index in [1.54, 1.807) is 0 Å². The molecule has 4 heterocycles. The van der Waals surface area contributed by atoms with Crippen molar-refractivity contribution >= 4 is 11.6 Å². The van der Waals surface area contributed by atoms with Crippen LogP contribution in [-0.2, 0) is 11.0 Å². The fourth-order valence-electron chi connectivity index (χ4n) is 4.63. The quantitative estimate of drug-likeness (QED) is 0.734. The van der Waals surface area contributed by atoms with Crippen LogP contribution in [0.15, 0.2) is 18.3 Å². The molecule has 31 heavy (non-hydrogen) atoms. The first-order valence-electron chi connectivity index (χ1n) is 10.9. The van der Waals surface area contributed by atoms with Gasteiger partial charge in [0, 0.05) is 44.8 Å². The number of nitrogens with zero attached hydrogens (tertiary/aromatic N) is 6. The highest BCUT2D eigenvalue weighted by Gasteiger charge is 2.34. The number of fused-ring (bicyclic) bond motifs is 1. The summed E-state index contributed by atoms with van der Waals surface area (Å²) in [6.45, 7) is 9.69. The topological polar surface area (TPSA) is 57.0 Å². The molecule has 0 aromatic carbocycles. The highest BCUT2D eigenvalue weighted by Crippen LogP contribution is 2.32. The third-order valence-corrected chi connectivity index (χ3v) is 6.61. The van der Waals surface area contributed by atoms with Gasteiger partial charge in [-0.25, -0.2) is 0 Å². The van der Waals surface area contributed by atoms with E-state index in [-0.39, 0.29) is 17.9 Å². The number of hydrogen-bond donors (Lipinski definition) is 0. The molecular weight excluding hydrogens is 409 g/mol. The smallest absolute Gasteiger partial charge is 0.339 e. The van der Waals surface area contributed by atoms with Crippen molar-refractivity contribution in [2.24, 2.45) is 0 Å². The minimum Gasteiger partial charge on any atom is -0.339 e. The maximum atomic E-state index is 13.2. The van der Waals surface area contributed by atoms with Crippen molar-refractivity contribution in [2.75, 3.05) is 45.8 Å². The van der Waals surface area contributed by atoms with Crippen LogP contribution >= 0.6 is 0 Å². The third-order valence-electron chi connectivity index (χ3n) is 6.61. The summed E-state index contributed by atoms with van der Waals surface area (Å²) >= 11 is 0. The van der Waals surface area contributed by atoms with Crippen molar-refractivity contribution in [3.63, 3.8) is 0 Å². The molecule has 0 aliphatic carbocycles. The van der Waals surface area contributed by atoms with Crippen molar-refractivity contribution in [3.05, 3.63) is 29.7 Å². The van der Waals surface area contributed by atoms with Gasteiger partial charge in [-0.2, -0.15) is 13.2 Å². The molecule has 2 aliphatic heterocycles. The van der Waals surface area contributed by atoms with Crippen molar-refractivity contribution in [1.29, 1.82) is 0 Å². The van der Waals surface area contributed by atoms with Crippen LogP contribution in [-0.4, -0.2) is 87.1 Å². The van der Waals surface area contributed by atoms with Crippen LogP contribution in [0.1, 0.15) is 44.0 Å². The molecule has 170 valence electrons. The highest BCUT2D eigenvalue weighted by atomic mass is 19.4. The van der Waals surface area contributed by atoms with Crippen molar-refractivity contribution in [2.45, 2.75) is 44.8 Å². The van der Waals surface area contributed by atoms with E-state index in [0.717, 1.165) is 64.4 Å². The van der Waals surface area contributed by atoms with Crippen LogP contribution < -0.4 is 0 Å². The average Bonchev–Trinajstić information content (AvgIpc) is 3.21. The Hall–Kier alpha value is -2.20. The molecule has 10 heteroatoms. The number of halogens is 3. The van der Waals surface area contributed by atoms with E-state index in [2.05, 4.69) is 26.9 Å². The molecule has 0 N–H and O–H groups in total. The summed E-state index contributed by atoms with van der Waals surface area (Å²) < 4.78 is 41.0. The number of piperazine rings is 1. The molecule has 2 aromatic heterocycles. The molecule has 0 radical (unpaired) electrons. The van der Waals surface area contributed by atoms with Gasteiger partial charge < -0.3 is 9.80 Å². The Morgan fingerprint density at radius 1 is 1.16 bits per heavy atom. The minimum absolute atomic E-state index is 0.0700. The van der Waals surface area contributed by atoms with Gasteiger partial charge in [0.25, 0.3) is 0 Å². The number of carbonyl (C=O) groups excluding carboxylic acids is 1. The van der Waals surface area contributed by atoms with Crippen LogP contribution in [0.5, 0.6) is 0 Å². The molecule has 2 fully saturated rings. The van der Waals surface area contributed by atoms with Crippen LogP contribution in [0.4, 0.5) is 13.2 Å². The molecule has 2 saturated heterocycles. The lowest BCUT2D eigenvalue weighted by atomic mass is 9.95. The Kier molecular flexibility index (Phi) is 6.20. The Bertz CT molecular complexity index is 921. The average molecular weight is 438 g/mol. The monoisotopic (exact) mass is 438 g/mol. The van der Waals surface area contributed by atoms with Gasteiger partial charge in [-0.1, -0.05) is 6.92 Å². The minimum atomic E-state index is -4.42. The Morgan fingerprint density at radius 2 is 1.90 bits per heavy atom. The third kappa shape index (κ3) is 4.55. The van der Waals surface area contributed by atoms with Gasteiger partial charge in [0.2, 0.25) is 5.91 Å². The van der Waals surface area contributed by atoms with Crippen LogP contribution in [0.3, 0.4) is 0 Å². The largest absolute Gasteiger partial charge is 0.417 e. The van der Waals surface area contributed by atoms with Gasteiger partial charge >= 0.3 is 6.18 Å². The van der Waals surface area contributed by atoms with E-state index in [0.29, 0.717) is 18.0 Å². The summed E-state index contributed by atoms with van der Waals surface area (Å²) in [5.74, 6) is 0.586. The normalized spacial score (nSPS) is 22.7. The van der Waals surface area contributed by atoms with E-state index in [9.17, 15) is 18.0 Å². The molecule has 2 unspecified atom stereocenters. The summed E-state index contributed by atoms with van der Waals surface area (Å²) in [5.41, 5.74) is -0.318. The second kappa shape index (κ2) is 8.74.